The monoisotopic (exact) mass is 301 g/mol. The maximum Gasteiger partial charge on any atom is 0.414 e. The first-order valence-electron chi connectivity index (χ1n) is 4.69. The van der Waals surface area contributed by atoms with Gasteiger partial charge in [0.1, 0.15) is 0 Å². The van der Waals surface area contributed by atoms with Gasteiger partial charge in [-0.05, 0) is 17.7 Å². The molecule has 1 rings (SSSR count). The molecule has 3 nitrogen and oxygen atoms in total. The lowest BCUT2D eigenvalue weighted by Gasteiger charge is -2.08. The second kappa shape index (κ2) is 6.26. The number of nitrogens with one attached hydrogen (secondary N) is 1. The minimum Gasteiger partial charge on any atom is -0.272 e. The Morgan fingerprint density at radius 2 is 1.94 bits per heavy atom. The molecule has 0 aliphatic carbocycles. The number of benzene rings is 1. The summed E-state index contributed by atoms with van der Waals surface area (Å²) >= 11 is 11.4. The van der Waals surface area contributed by atoms with Crippen LogP contribution in [0.2, 0.25) is 10.0 Å². The largest absolute Gasteiger partial charge is 0.414 e. The molecule has 1 amide bonds. The van der Waals surface area contributed by atoms with Gasteiger partial charge in [-0.15, -0.1) is 0 Å². The fraction of sp³-hybridized carbons (Fsp3) is 0.300. The van der Waals surface area contributed by atoms with Crippen LogP contribution >= 0.6 is 23.2 Å². The molecule has 0 fully saturated rings. The number of carbonyl (C=O) groups excluding carboxylic acids is 1. The molecule has 0 aliphatic heterocycles. The number of amides is 1. The van der Waals surface area contributed by atoms with E-state index in [-0.39, 0.29) is 11.4 Å². The third-order valence-electron chi connectivity index (χ3n) is 1.77. The molecule has 0 saturated carbocycles. The van der Waals surface area contributed by atoms with E-state index >= 15 is 0 Å². The fourth-order valence-corrected chi connectivity index (χ4v) is 1.39. The van der Waals surface area contributed by atoms with Crippen LogP contribution in [0.4, 0.5) is 13.2 Å². The van der Waals surface area contributed by atoms with E-state index in [9.17, 15) is 18.0 Å². The highest BCUT2D eigenvalue weighted by Crippen LogP contribution is 2.22. The molecule has 0 atom stereocenters. The molecule has 1 N–H and O–H groups in total. The molecule has 0 aromatic heterocycles. The van der Waals surface area contributed by atoms with Crippen molar-refractivity contribution in [3.8, 4) is 0 Å². The average molecular weight is 302 g/mol. The number of hydroxylamine groups is 1. The summed E-state index contributed by atoms with van der Waals surface area (Å²) in [5.74, 6) is -0.711. The van der Waals surface area contributed by atoms with Gasteiger partial charge in [-0.2, -0.15) is 13.2 Å². The Labute approximate surface area is 111 Å². The Bertz CT molecular complexity index is 438. The third-order valence-corrected chi connectivity index (χ3v) is 2.51. The Balaban J connectivity index is 2.42. The average Bonchev–Trinajstić information content (AvgIpc) is 2.21. The number of halogens is 5. The van der Waals surface area contributed by atoms with Gasteiger partial charge in [0.25, 0.3) is 0 Å². The minimum atomic E-state index is -4.49. The van der Waals surface area contributed by atoms with Crippen LogP contribution < -0.4 is 5.48 Å². The molecule has 100 valence electrons. The van der Waals surface area contributed by atoms with E-state index in [0.717, 1.165) is 0 Å². The van der Waals surface area contributed by atoms with Crippen LogP contribution in [0.25, 0.3) is 0 Å². The summed E-state index contributed by atoms with van der Waals surface area (Å²) in [5, 5.41) is 0.590. The van der Waals surface area contributed by atoms with Gasteiger partial charge < -0.3 is 0 Å². The van der Waals surface area contributed by atoms with Crippen LogP contribution in [0.5, 0.6) is 0 Å². The van der Waals surface area contributed by atoms with Gasteiger partial charge in [0.15, 0.2) is 6.61 Å². The maximum atomic E-state index is 11.7. The van der Waals surface area contributed by atoms with Crippen LogP contribution in [-0.4, -0.2) is 18.7 Å². The van der Waals surface area contributed by atoms with E-state index in [1.807, 2.05) is 0 Å². The summed E-state index contributed by atoms with van der Waals surface area (Å²) in [6.07, 6.45) is -4.65. The molecular weight excluding hydrogens is 294 g/mol. The zero-order valence-electron chi connectivity index (χ0n) is 8.85. The Kier molecular flexibility index (Phi) is 5.25. The van der Waals surface area contributed by atoms with Crippen molar-refractivity contribution in [2.45, 2.75) is 12.6 Å². The summed E-state index contributed by atoms with van der Waals surface area (Å²) in [6, 6.07) is 4.48. The van der Waals surface area contributed by atoms with Gasteiger partial charge in [0, 0.05) is 0 Å². The van der Waals surface area contributed by atoms with Gasteiger partial charge in [-0.1, -0.05) is 29.3 Å². The quantitative estimate of drug-likeness (QED) is 0.868. The lowest BCUT2D eigenvalue weighted by molar-refractivity contribution is -0.191. The molecule has 0 aliphatic rings. The normalized spacial score (nSPS) is 11.4. The standard InChI is InChI=1S/C10H8Cl2F3NO2/c11-7-2-1-6(3-8(7)12)4-9(17)16-18-5-10(13,14)15/h1-3H,4-5H2,(H,16,17). The van der Waals surface area contributed by atoms with E-state index in [1.165, 1.54) is 18.2 Å². The number of rotatable bonds is 4. The van der Waals surface area contributed by atoms with Crippen LogP contribution in [0.3, 0.4) is 0 Å². The predicted octanol–water partition coefficient (Wildman–Crippen LogP) is 3.15. The maximum absolute atomic E-state index is 11.7. The lowest BCUT2D eigenvalue weighted by atomic mass is 10.1. The molecule has 0 radical (unpaired) electrons. The molecular formula is C10H8Cl2F3NO2. The molecule has 0 heterocycles. The predicted molar refractivity (Wildman–Crippen MR) is 60.3 cm³/mol. The molecule has 0 saturated heterocycles. The third kappa shape index (κ3) is 5.57. The van der Waals surface area contributed by atoms with Gasteiger partial charge in [0.05, 0.1) is 16.5 Å². The number of hydrogen-bond donors (Lipinski definition) is 1. The number of hydrogen-bond acceptors (Lipinski definition) is 2. The van der Waals surface area contributed by atoms with Gasteiger partial charge in [0.2, 0.25) is 5.91 Å². The zero-order chi connectivity index (χ0) is 13.8. The van der Waals surface area contributed by atoms with Crippen molar-refractivity contribution in [3.05, 3.63) is 33.8 Å². The Hall–Kier alpha value is -0.980. The van der Waals surface area contributed by atoms with Gasteiger partial charge >= 0.3 is 6.18 Å². The zero-order valence-corrected chi connectivity index (χ0v) is 10.4. The molecule has 1 aromatic rings. The van der Waals surface area contributed by atoms with Crippen LogP contribution in [0, 0.1) is 0 Å². The number of carbonyl (C=O) groups is 1. The summed E-state index contributed by atoms with van der Waals surface area (Å²) < 4.78 is 35.2. The highest BCUT2D eigenvalue weighted by molar-refractivity contribution is 6.42. The molecule has 0 spiro atoms. The second-order valence-electron chi connectivity index (χ2n) is 3.35. The van der Waals surface area contributed by atoms with Crippen molar-refractivity contribution in [3.63, 3.8) is 0 Å². The Morgan fingerprint density at radius 1 is 1.28 bits per heavy atom. The van der Waals surface area contributed by atoms with Gasteiger partial charge in [-0.3, -0.25) is 9.63 Å². The minimum absolute atomic E-state index is 0.158. The summed E-state index contributed by atoms with van der Waals surface area (Å²) in [6.45, 7) is -1.54. The van der Waals surface area contributed by atoms with E-state index < -0.39 is 18.7 Å². The van der Waals surface area contributed by atoms with Crippen molar-refractivity contribution in [2.24, 2.45) is 0 Å². The van der Waals surface area contributed by atoms with E-state index in [2.05, 4.69) is 4.84 Å². The van der Waals surface area contributed by atoms with Crippen LogP contribution in [0.15, 0.2) is 18.2 Å². The number of alkyl halides is 3. The molecule has 1 aromatic carbocycles. The SMILES string of the molecule is O=C(Cc1ccc(Cl)c(Cl)c1)NOCC(F)(F)F. The first-order chi connectivity index (χ1) is 8.28. The molecule has 0 unspecified atom stereocenters. The van der Waals surface area contributed by atoms with E-state index in [1.54, 1.807) is 5.48 Å². The smallest absolute Gasteiger partial charge is 0.272 e. The second-order valence-corrected chi connectivity index (χ2v) is 4.17. The molecule has 0 bridgehead atoms. The Morgan fingerprint density at radius 3 is 2.50 bits per heavy atom. The van der Waals surface area contributed by atoms with Gasteiger partial charge in [-0.25, -0.2) is 5.48 Å². The van der Waals surface area contributed by atoms with Crippen molar-refractivity contribution < 1.29 is 22.8 Å². The van der Waals surface area contributed by atoms with Crippen molar-refractivity contribution in [1.82, 2.24) is 5.48 Å². The molecule has 8 heteroatoms. The van der Waals surface area contributed by atoms with E-state index in [0.29, 0.717) is 10.6 Å². The first-order valence-corrected chi connectivity index (χ1v) is 5.45. The highest BCUT2D eigenvalue weighted by atomic mass is 35.5. The summed E-state index contributed by atoms with van der Waals surface area (Å²) in [7, 11) is 0. The van der Waals surface area contributed by atoms with E-state index in [4.69, 9.17) is 23.2 Å². The highest BCUT2D eigenvalue weighted by Gasteiger charge is 2.28. The van der Waals surface area contributed by atoms with Crippen LogP contribution in [0.1, 0.15) is 5.56 Å². The lowest BCUT2D eigenvalue weighted by Crippen LogP contribution is -2.30. The molecule has 18 heavy (non-hydrogen) atoms. The fourth-order valence-electron chi connectivity index (χ4n) is 1.07. The first kappa shape index (κ1) is 15.1. The van der Waals surface area contributed by atoms with Crippen molar-refractivity contribution >= 4 is 29.1 Å². The van der Waals surface area contributed by atoms with Crippen molar-refractivity contribution in [2.75, 3.05) is 6.61 Å². The topological polar surface area (TPSA) is 38.3 Å². The van der Waals surface area contributed by atoms with Crippen molar-refractivity contribution in [1.29, 1.82) is 0 Å². The summed E-state index contributed by atoms with van der Waals surface area (Å²) in [5.41, 5.74) is 2.20. The van der Waals surface area contributed by atoms with Crippen LogP contribution in [-0.2, 0) is 16.1 Å². The summed E-state index contributed by atoms with van der Waals surface area (Å²) in [4.78, 5) is 15.2.